The van der Waals surface area contributed by atoms with E-state index >= 15 is 0 Å². The van der Waals surface area contributed by atoms with Gasteiger partial charge in [0, 0.05) is 16.8 Å². The number of nitrogens with one attached hydrogen (secondary N) is 2. The second-order valence-electron chi connectivity index (χ2n) is 2.97. The molecule has 0 fully saturated rings. The fraction of sp³-hybridized carbons (Fsp3) is 0. The summed E-state index contributed by atoms with van der Waals surface area (Å²) < 4.78 is 0.555. The lowest BCUT2D eigenvalue weighted by molar-refractivity contribution is 1.26. The van der Waals surface area contributed by atoms with Crippen LogP contribution in [0, 0.1) is 4.77 Å². The summed E-state index contributed by atoms with van der Waals surface area (Å²) >= 11 is 16.3. The smallest absolute Gasteiger partial charge is 0.174 e. The molecule has 1 aromatic heterocycles. The molecular weight excluding hydrogens is 248 g/mol. The van der Waals surface area contributed by atoms with Crippen molar-refractivity contribution >= 4 is 40.9 Å². The van der Waals surface area contributed by atoms with Crippen LogP contribution in [0.2, 0.25) is 5.02 Å². The fourth-order valence-electron chi connectivity index (χ4n) is 1.24. The number of rotatable bonds is 2. The topological polar surface area (TPSA) is 31.6 Å². The summed E-state index contributed by atoms with van der Waals surface area (Å²) in [7, 11) is 0. The second kappa shape index (κ2) is 4.26. The summed E-state index contributed by atoms with van der Waals surface area (Å²) in [6.07, 6.45) is 1.74. The highest BCUT2D eigenvalue weighted by Gasteiger charge is 2.08. The van der Waals surface area contributed by atoms with E-state index in [9.17, 15) is 0 Å². The Bertz CT molecular complexity index is 556. The number of benzene rings is 1. The van der Waals surface area contributed by atoms with Crippen LogP contribution in [0.25, 0.3) is 0 Å². The molecular formula is C10H7ClN2S2. The highest BCUT2D eigenvalue weighted by molar-refractivity contribution is 7.81. The lowest BCUT2D eigenvalue weighted by Crippen LogP contribution is -2.00. The molecule has 1 aromatic carbocycles. The van der Waals surface area contributed by atoms with Crippen molar-refractivity contribution in [2.45, 2.75) is 0 Å². The lowest BCUT2D eigenvalue weighted by Gasteiger charge is -2.02. The van der Waals surface area contributed by atoms with E-state index in [4.69, 9.17) is 36.0 Å². The fourth-order valence-corrected chi connectivity index (χ4v) is 1.99. The molecule has 0 radical (unpaired) electrons. The minimum Gasteiger partial charge on any atom is -0.337 e. The molecule has 76 valence electrons. The molecule has 2 aromatic rings. The Morgan fingerprint density at radius 2 is 2.00 bits per heavy atom. The molecule has 0 bridgehead atoms. The number of hydrogen-bond acceptors (Lipinski definition) is 2. The van der Waals surface area contributed by atoms with Gasteiger partial charge in [0.1, 0.15) is 0 Å². The van der Waals surface area contributed by atoms with Crippen molar-refractivity contribution in [2.75, 3.05) is 0 Å². The van der Waals surface area contributed by atoms with Crippen LogP contribution in [0.15, 0.2) is 30.5 Å². The summed E-state index contributed by atoms with van der Waals surface area (Å²) in [5.74, 6) is 0. The van der Waals surface area contributed by atoms with Gasteiger partial charge in [0.15, 0.2) is 4.77 Å². The average Bonchev–Trinajstić information content (AvgIpc) is 2.65. The van der Waals surface area contributed by atoms with Crippen LogP contribution >= 0.6 is 36.0 Å². The van der Waals surface area contributed by atoms with Crippen molar-refractivity contribution in [3.63, 3.8) is 0 Å². The van der Waals surface area contributed by atoms with Crippen molar-refractivity contribution in [1.82, 2.24) is 9.97 Å². The van der Waals surface area contributed by atoms with E-state index in [0.29, 0.717) is 14.7 Å². The molecule has 0 atom stereocenters. The number of aromatic nitrogens is 2. The van der Waals surface area contributed by atoms with Gasteiger partial charge in [-0.2, -0.15) is 0 Å². The van der Waals surface area contributed by atoms with Crippen molar-refractivity contribution < 1.29 is 0 Å². The predicted molar refractivity (Wildman–Crippen MR) is 68.2 cm³/mol. The third kappa shape index (κ3) is 2.17. The number of halogens is 1. The van der Waals surface area contributed by atoms with E-state index < -0.39 is 0 Å². The number of aromatic amines is 2. The molecule has 0 saturated carbocycles. The third-order valence-corrected chi connectivity index (χ3v) is 2.95. The average molecular weight is 255 g/mol. The summed E-state index contributed by atoms with van der Waals surface area (Å²) in [4.78, 5) is 6.49. The lowest BCUT2D eigenvalue weighted by atomic mass is 10.1. The van der Waals surface area contributed by atoms with Crippen molar-refractivity contribution in [3.8, 4) is 0 Å². The highest BCUT2D eigenvalue weighted by Crippen LogP contribution is 2.18. The van der Waals surface area contributed by atoms with Crippen LogP contribution in [-0.4, -0.2) is 14.8 Å². The summed E-state index contributed by atoms with van der Waals surface area (Å²) in [6, 6.07) is 7.46. The molecule has 15 heavy (non-hydrogen) atoms. The van der Waals surface area contributed by atoms with E-state index in [2.05, 4.69) is 9.97 Å². The molecule has 0 spiro atoms. The van der Waals surface area contributed by atoms with Gasteiger partial charge >= 0.3 is 0 Å². The van der Waals surface area contributed by atoms with E-state index in [-0.39, 0.29) is 0 Å². The van der Waals surface area contributed by atoms with Crippen LogP contribution in [0.1, 0.15) is 11.3 Å². The Morgan fingerprint density at radius 3 is 2.60 bits per heavy atom. The molecule has 2 N–H and O–H groups in total. The molecule has 0 saturated heterocycles. The molecule has 0 aliphatic heterocycles. The SMILES string of the molecule is S=C(c1c[nH]c(=S)[nH]1)c1ccccc1Cl. The predicted octanol–water partition coefficient (Wildman–Crippen LogP) is 3.49. The number of H-pyrrole nitrogens is 2. The van der Waals surface area contributed by atoms with Gasteiger partial charge in [0.05, 0.1) is 10.6 Å². The zero-order valence-corrected chi connectivity index (χ0v) is 9.97. The van der Waals surface area contributed by atoms with Gasteiger partial charge in [-0.25, -0.2) is 0 Å². The first-order chi connectivity index (χ1) is 7.18. The second-order valence-corrected chi connectivity index (χ2v) is 4.19. The zero-order chi connectivity index (χ0) is 10.8. The maximum Gasteiger partial charge on any atom is 0.174 e. The van der Waals surface area contributed by atoms with Gasteiger partial charge in [-0.15, -0.1) is 0 Å². The Morgan fingerprint density at radius 1 is 1.27 bits per heavy atom. The molecule has 2 rings (SSSR count). The van der Waals surface area contributed by atoms with Crippen LogP contribution in [0.5, 0.6) is 0 Å². The highest BCUT2D eigenvalue weighted by atomic mass is 35.5. The zero-order valence-electron chi connectivity index (χ0n) is 7.58. The van der Waals surface area contributed by atoms with E-state index in [1.54, 1.807) is 6.20 Å². The number of hydrogen-bond donors (Lipinski definition) is 2. The molecule has 1 heterocycles. The van der Waals surface area contributed by atoms with E-state index in [1.807, 2.05) is 24.3 Å². The first-order valence-corrected chi connectivity index (χ1v) is 5.45. The van der Waals surface area contributed by atoms with Crippen molar-refractivity contribution in [3.05, 3.63) is 51.5 Å². The maximum atomic E-state index is 6.04. The maximum absolute atomic E-state index is 6.04. The summed E-state index contributed by atoms with van der Waals surface area (Å²) in [5, 5.41) is 0.642. The molecule has 0 unspecified atom stereocenters. The molecule has 0 aliphatic carbocycles. The van der Waals surface area contributed by atoms with Gasteiger partial charge in [-0.05, 0) is 18.3 Å². The van der Waals surface area contributed by atoms with Crippen LogP contribution < -0.4 is 0 Å². The van der Waals surface area contributed by atoms with Crippen LogP contribution in [-0.2, 0) is 0 Å². The van der Waals surface area contributed by atoms with Crippen LogP contribution in [0.3, 0.4) is 0 Å². The standard InChI is InChI=1S/C10H7ClN2S2/c11-7-4-2-1-3-6(7)9(14)8-5-12-10(15)13-8/h1-5H,(H2,12,13,15). The normalized spacial score (nSPS) is 10.2. The Labute approximate surface area is 102 Å². The van der Waals surface area contributed by atoms with Gasteiger partial charge in [-0.1, -0.05) is 42.0 Å². The Balaban J connectivity index is 2.45. The quantitative estimate of drug-likeness (QED) is 0.635. The molecule has 5 heteroatoms. The minimum absolute atomic E-state index is 0.555. The van der Waals surface area contributed by atoms with Gasteiger partial charge in [-0.3, -0.25) is 0 Å². The minimum atomic E-state index is 0.555. The first kappa shape index (κ1) is 10.5. The van der Waals surface area contributed by atoms with Crippen LogP contribution in [0.4, 0.5) is 0 Å². The van der Waals surface area contributed by atoms with Crippen molar-refractivity contribution in [1.29, 1.82) is 0 Å². The van der Waals surface area contributed by atoms with E-state index in [1.165, 1.54) is 0 Å². The van der Waals surface area contributed by atoms with Gasteiger partial charge < -0.3 is 9.97 Å². The largest absolute Gasteiger partial charge is 0.337 e. The molecule has 2 nitrogen and oxygen atoms in total. The monoisotopic (exact) mass is 254 g/mol. The van der Waals surface area contributed by atoms with E-state index in [0.717, 1.165) is 11.3 Å². The number of thiocarbonyl (C=S) groups is 1. The van der Waals surface area contributed by atoms with Gasteiger partial charge in [0.25, 0.3) is 0 Å². The Kier molecular flexibility index (Phi) is 3.00. The molecule has 0 aliphatic rings. The summed E-state index contributed by atoms with van der Waals surface area (Å²) in [5.41, 5.74) is 1.61. The van der Waals surface area contributed by atoms with Crippen molar-refractivity contribution in [2.24, 2.45) is 0 Å². The third-order valence-electron chi connectivity index (χ3n) is 1.96. The first-order valence-electron chi connectivity index (χ1n) is 4.25. The number of imidazole rings is 1. The molecule has 0 amide bonds. The Hall–Kier alpha value is -0.970. The van der Waals surface area contributed by atoms with Gasteiger partial charge in [0.2, 0.25) is 0 Å². The summed E-state index contributed by atoms with van der Waals surface area (Å²) in [6.45, 7) is 0.